The lowest BCUT2D eigenvalue weighted by Gasteiger charge is -2.05. The van der Waals surface area contributed by atoms with Crippen LogP contribution in [0, 0.1) is 6.92 Å². The molecule has 0 atom stereocenters. The van der Waals surface area contributed by atoms with Gasteiger partial charge in [-0.1, -0.05) is 23.4 Å². The molecule has 3 rings (SSSR count). The summed E-state index contributed by atoms with van der Waals surface area (Å²) in [5.74, 6) is 0.995. The molecule has 2 aromatic heterocycles. The van der Waals surface area contributed by atoms with E-state index in [-0.39, 0.29) is 12.5 Å². The van der Waals surface area contributed by atoms with E-state index in [4.69, 9.17) is 14.0 Å². The van der Waals surface area contributed by atoms with Crippen LogP contribution in [-0.4, -0.2) is 21.1 Å². The zero-order valence-electron chi connectivity index (χ0n) is 14.2. The maximum atomic E-state index is 11.7. The molecule has 0 aliphatic rings. The number of carbonyl (C=O) groups excluding carboxylic acids is 1. The monoisotopic (exact) mass is 351 g/mol. The van der Waals surface area contributed by atoms with E-state index in [0.717, 1.165) is 17.0 Å². The van der Waals surface area contributed by atoms with Gasteiger partial charge >= 0.3 is 5.97 Å². The second kappa shape index (κ2) is 8.57. The molecule has 0 unspecified atom stereocenters. The van der Waals surface area contributed by atoms with Gasteiger partial charge in [0.2, 0.25) is 0 Å². The number of benzene rings is 1. The number of rotatable bonds is 7. The highest BCUT2D eigenvalue weighted by Gasteiger charge is 2.05. The highest BCUT2D eigenvalue weighted by atomic mass is 16.6. The van der Waals surface area contributed by atoms with E-state index in [1.54, 1.807) is 19.2 Å². The van der Waals surface area contributed by atoms with Crippen LogP contribution in [0.2, 0.25) is 0 Å². The standard InChI is InChI=1S/C19H17N3O4/c1-14-21-18(26-22-14)13-25-19(23)10-7-15-5-8-17(9-6-15)24-12-16-4-2-3-11-20-16/h2-11H,12-13H2,1H3/b10-7+. The number of carbonyl (C=O) groups is 1. The Bertz CT molecular complexity index is 873. The van der Waals surface area contributed by atoms with Crippen molar-refractivity contribution >= 4 is 12.0 Å². The quantitative estimate of drug-likeness (QED) is 0.477. The molecule has 132 valence electrons. The van der Waals surface area contributed by atoms with Gasteiger partial charge in [0.05, 0.1) is 5.69 Å². The lowest BCUT2D eigenvalue weighted by molar-refractivity contribution is -0.139. The fourth-order valence-electron chi connectivity index (χ4n) is 2.06. The number of pyridine rings is 1. The SMILES string of the molecule is Cc1noc(COC(=O)/C=C/c2ccc(OCc3ccccn3)cc2)n1. The van der Waals surface area contributed by atoms with Crippen molar-refractivity contribution in [3.63, 3.8) is 0 Å². The molecule has 0 saturated heterocycles. The molecule has 0 aliphatic heterocycles. The highest BCUT2D eigenvalue weighted by Crippen LogP contribution is 2.14. The lowest BCUT2D eigenvalue weighted by atomic mass is 10.2. The van der Waals surface area contributed by atoms with Crippen molar-refractivity contribution in [1.82, 2.24) is 15.1 Å². The molecule has 0 saturated carbocycles. The fraction of sp³-hybridized carbons (Fsp3) is 0.158. The molecule has 0 spiro atoms. The first-order chi connectivity index (χ1) is 12.7. The largest absolute Gasteiger partial charge is 0.487 e. The topological polar surface area (TPSA) is 87.3 Å². The Kier molecular flexibility index (Phi) is 5.72. The Balaban J connectivity index is 1.47. The Labute approximate surface area is 150 Å². The molecule has 0 fully saturated rings. The molecule has 26 heavy (non-hydrogen) atoms. The highest BCUT2D eigenvalue weighted by molar-refractivity contribution is 5.87. The first-order valence-corrected chi connectivity index (χ1v) is 7.96. The van der Waals surface area contributed by atoms with Gasteiger partial charge in [0.15, 0.2) is 12.4 Å². The molecule has 7 nitrogen and oxygen atoms in total. The fourth-order valence-corrected chi connectivity index (χ4v) is 2.06. The van der Waals surface area contributed by atoms with E-state index in [9.17, 15) is 4.79 Å². The van der Waals surface area contributed by atoms with Crippen LogP contribution in [0.1, 0.15) is 23.0 Å². The Morgan fingerprint density at radius 3 is 2.69 bits per heavy atom. The summed E-state index contributed by atoms with van der Waals surface area (Å²) in [7, 11) is 0. The van der Waals surface area contributed by atoms with Gasteiger partial charge in [0.25, 0.3) is 5.89 Å². The van der Waals surface area contributed by atoms with Crippen LogP contribution in [0.4, 0.5) is 0 Å². The second-order valence-corrected chi connectivity index (χ2v) is 5.36. The van der Waals surface area contributed by atoms with Crippen molar-refractivity contribution in [2.75, 3.05) is 0 Å². The van der Waals surface area contributed by atoms with Gasteiger partial charge in [-0.15, -0.1) is 0 Å². The summed E-state index contributed by atoms with van der Waals surface area (Å²) in [5, 5.41) is 3.62. The molecular formula is C19H17N3O4. The Morgan fingerprint density at radius 2 is 2.00 bits per heavy atom. The van der Waals surface area contributed by atoms with Crippen LogP contribution in [0.15, 0.2) is 59.3 Å². The zero-order chi connectivity index (χ0) is 18.2. The zero-order valence-corrected chi connectivity index (χ0v) is 14.2. The van der Waals surface area contributed by atoms with Gasteiger partial charge in [-0.3, -0.25) is 4.98 Å². The van der Waals surface area contributed by atoms with Gasteiger partial charge in [0, 0.05) is 12.3 Å². The summed E-state index contributed by atoms with van der Waals surface area (Å²) in [6, 6.07) is 13.0. The van der Waals surface area contributed by atoms with Gasteiger partial charge in [0.1, 0.15) is 12.4 Å². The molecular weight excluding hydrogens is 334 g/mol. The van der Waals surface area contributed by atoms with E-state index in [1.807, 2.05) is 42.5 Å². The van der Waals surface area contributed by atoms with Crippen LogP contribution >= 0.6 is 0 Å². The molecule has 0 aliphatic carbocycles. The Morgan fingerprint density at radius 1 is 1.15 bits per heavy atom. The van der Waals surface area contributed by atoms with Crippen molar-refractivity contribution in [1.29, 1.82) is 0 Å². The maximum absolute atomic E-state index is 11.7. The van der Waals surface area contributed by atoms with E-state index < -0.39 is 5.97 Å². The molecule has 0 radical (unpaired) electrons. The summed E-state index contributed by atoms with van der Waals surface area (Å²) in [6.07, 6.45) is 4.72. The van der Waals surface area contributed by atoms with Crippen LogP contribution < -0.4 is 4.74 Å². The summed E-state index contributed by atoms with van der Waals surface area (Å²) in [6.45, 7) is 2.04. The van der Waals surface area contributed by atoms with Gasteiger partial charge in [-0.2, -0.15) is 4.98 Å². The lowest BCUT2D eigenvalue weighted by Crippen LogP contribution is -2.01. The van der Waals surface area contributed by atoms with E-state index in [0.29, 0.717) is 12.4 Å². The summed E-state index contributed by atoms with van der Waals surface area (Å²) >= 11 is 0. The molecule has 1 aromatic carbocycles. The number of esters is 1. The van der Waals surface area contributed by atoms with Crippen LogP contribution in [-0.2, 0) is 22.7 Å². The number of nitrogens with zero attached hydrogens (tertiary/aromatic N) is 3. The third kappa shape index (κ3) is 5.27. The predicted molar refractivity (Wildman–Crippen MR) is 92.9 cm³/mol. The van der Waals surface area contributed by atoms with Crippen molar-refractivity contribution in [2.24, 2.45) is 0 Å². The van der Waals surface area contributed by atoms with E-state index in [2.05, 4.69) is 15.1 Å². The molecule has 0 amide bonds. The molecule has 2 heterocycles. The third-order valence-electron chi connectivity index (χ3n) is 3.31. The summed E-state index contributed by atoms with van der Waals surface area (Å²) < 4.78 is 15.5. The first kappa shape index (κ1) is 17.3. The van der Waals surface area contributed by atoms with Crippen molar-refractivity contribution in [2.45, 2.75) is 20.1 Å². The van der Waals surface area contributed by atoms with Gasteiger partial charge in [-0.05, 0) is 42.8 Å². The Hall–Kier alpha value is -3.48. The molecule has 0 N–H and O–H groups in total. The minimum Gasteiger partial charge on any atom is -0.487 e. The van der Waals surface area contributed by atoms with Crippen LogP contribution in [0.3, 0.4) is 0 Å². The molecule has 3 aromatic rings. The second-order valence-electron chi connectivity index (χ2n) is 5.36. The number of hydrogen-bond acceptors (Lipinski definition) is 7. The van der Waals surface area contributed by atoms with Crippen molar-refractivity contribution < 1.29 is 18.8 Å². The van der Waals surface area contributed by atoms with Gasteiger partial charge < -0.3 is 14.0 Å². The first-order valence-electron chi connectivity index (χ1n) is 7.96. The minimum absolute atomic E-state index is 0.0513. The summed E-state index contributed by atoms with van der Waals surface area (Å²) in [5.41, 5.74) is 1.71. The van der Waals surface area contributed by atoms with Crippen molar-refractivity contribution in [3.8, 4) is 5.75 Å². The van der Waals surface area contributed by atoms with E-state index >= 15 is 0 Å². The minimum atomic E-state index is -0.490. The molecule has 0 bridgehead atoms. The number of aryl methyl sites for hydroxylation is 1. The molecule has 7 heteroatoms. The van der Waals surface area contributed by atoms with Crippen LogP contribution in [0.25, 0.3) is 6.08 Å². The van der Waals surface area contributed by atoms with Crippen LogP contribution in [0.5, 0.6) is 5.75 Å². The summed E-state index contributed by atoms with van der Waals surface area (Å²) in [4.78, 5) is 19.8. The smallest absolute Gasteiger partial charge is 0.331 e. The predicted octanol–water partition coefficient (Wildman–Crippen LogP) is 3.11. The number of hydrogen-bond donors (Lipinski definition) is 0. The number of aromatic nitrogens is 3. The van der Waals surface area contributed by atoms with Crippen molar-refractivity contribution in [3.05, 3.63) is 77.7 Å². The average Bonchev–Trinajstić information content (AvgIpc) is 3.10. The number of ether oxygens (including phenoxy) is 2. The van der Waals surface area contributed by atoms with Gasteiger partial charge in [-0.25, -0.2) is 4.79 Å². The average molecular weight is 351 g/mol. The van der Waals surface area contributed by atoms with E-state index in [1.165, 1.54) is 6.08 Å². The third-order valence-corrected chi connectivity index (χ3v) is 3.31. The maximum Gasteiger partial charge on any atom is 0.331 e. The normalized spacial score (nSPS) is 10.8.